The summed E-state index contributed by atoms with van der Waals surface area (Å²) < 4.78 is 0. The molecule has 31 heavy (non-hydrogen) atoms. The van der Waals surface area contributed by atoms with Crippen molar-refractivity contribution in [3.05, 3.63) is 64.7 Å². The molecule has 2 aromatic carbocycles. The summed E-state index contributed by atoms with van der Waals surface area (Å²) in [5, 5.41) is 6.52. The van der Waals surface area contributed by atoms with Crippen molar-refractivity contribution in [2.75, 3.05) is 38.0 Å². The molecule has 1 aliphatic heterocycles. The predicted molar refractivity (Wildman–Crippen MR) is 121 cm³/mol. The Balaban J connectivity index is 1.76. The molecule has 1 saturated heterocycles. The van der Waals surface area contributed by atoms with Gasteiger partial charge in [0.05, 0.1) is 0 Å². The van der Waals surface area contributed by atoms with E-state index in [4.69, 9.17) is 11.6 Å². The molecular formula is C23H27ClN4O3. The average molecular weight is 443 g/mol. The molecule has 0 radical (unpaired) electrons. The third kappa shape index (κ3) is 6.80. The second kappa shape index (κ2) is 10.9. The lowest BCUT2D eigenvalue weighted by Gasteiger charge is -2.29. The van der Waals surface area contributed by atoms with Crippen LogP contribution < -0.4 is 10.6 Å². The Labute approximate surface area is 187 Å². The summed E-state index contributed by atoms with van der Waals surface area (Å²) in [5.74, 6) is -0.375. The zero-order valence-electron chi connectivity index (χ0n) is 17.6. The second-order valence-corrected chi connectivity index (χ2v) is 7.94. The molecule has 0 spiro atoms. The van der Waals surface area contributed by atoms with Crippen LogP contribution >= 0.6 is 11.6 Å². The van der Waals surface area contributed by atoms with E-state index < -0.39 is 0 Å². The molecule has 0 saturated carbocycles. The highest BCUT2D eigenvalue weighted by atomic mass is 35.5. The van der Waals surface area contributed by atoms with Gasteiger partial charge in [0.15, 0.2) is 0 Å². The van der Waals surface area contributed by atoms with E-state index in [9.17, 15) is 14.4 Å². The van der Waals surface area contributed by atoms with Crippen molar-refractivity contribution in [2.45, 2.75) is 19.9 Å². The number of benzene rings is 2. The smallest absolute Gasteiger partial charge is 0.254 e. The maximum absolute atomic E-state index is 13.3. The van der Waals surface area contributed by atoms with Crippen LogP contribution in [0.15, 0.2) is 48.5 Å². The number of halogens is 1. The number of carbonyl (C=O) groups is 3. The van der Waals surface area contributed by atoms with E-state index >= 15 is 0 Å². The number of rotatable bonds is 7. The quantitative estimate of drug-likeness (QED) is 0.690. The molecule has 0 aromatic heterocycles. The van der Waals surface area contributed by atoms with Gasteiger partial charge in [0.2, 0.25) is 11.8 Å². The monoisotopic (exact) mass is 442 g/mol. The van der Waals surface area contributed by atoms with Gasteiger partial charge in [0, 0.05) is 68.9 Å². The molecule has 0 aliphatic carbocycles. The van der Waals surface area contributed by atoms with Crippen LogP contribution in [-0.2, 0) is 16.1 Å². The number of hydrogen-bond acceptors (Lipinski definition) is 4. The van der Waals surface area contributed by atoms with E-state index in [2.05, 4.69) is 10.6 Å². The largest absolute Gasteiger partial charge is 0.340 e. The third-order valence-corrected chi connectivity index (χ3v) is 5.28. The minimum absolute atomic E-state index is 0.0393. The van der Waals surface area contributed by atoms with Crippen molar-refractivity contribution in [3.8, 4) is 0 Å². The summed E-state index contributed by atoms with van der Waals surface area (Å²) in [6.07, 6.45) is 0.248. The molecule has 1 fully saturated rings. The Morgan fingerprint density at radius 1 is 1.10 bits per heavy atom. The molecule has 164 valence electrons. The third-order valence-electron chi connectivity index (χ3n) is 5.04. The van der Waals surface area contributed by atoms with Gasteiger partial charge in [0.1, 0.15) is 0 Å². The van der Waals surface area contributed by atoms with Gasteiger partial charge in [0.25, 0.3) is 5.91 Å². The fourth-order valence-electron chi connectivity index (χ4n) is 3.53. The molecular weight excluding hydrogens is 416 g/mol. The van der Waals surface area contributed by atoms with Gasteiger partial charge in [-0.05, 0) is 35.9 Å². The molecule has 2 N–H and O–H groups in total. The minimum Gasteiger partial charge on any atom is -0.340 e. The molecule has 3 rings (SSSR count). The minimum atomic E-state index is -0.208. The first kappa shape index (κ1) is 22.8. The SMILES string of the molecule is CC(=O)Nc1cccc(C(=O)N(CCC(=O)N2CCNCC2)Cc2cccc(Cl)c2)c1. The van der Waals surface area contributed by atoms with E-state index in [1.807, 2.05) is 23.1 Å². The normalized spacial score (nSPS) is 13.5. The van der Waals surface area contributed by atoms with Gasteiger partial charge in [-0.25, -0.2) is 0 Å². The van der Waals surface area contributed by atoms with Gasteiger partial charge in [-0.15, -0.1) is 0 Å². The second-order valence-electron chi connectivity index (χ2n) is 7.50. The van der Waals surface area contributed by atoms with Crippen molar-refractivity contribution >= 4 is 35.0 Å². The summed E-state index contributed by atoms with van der Waals surface area (Å²) in [6, 6.07) is 14.1. The predicted octanol–water partition coefficient (Wildman–Crippen LogP) is 2.76. The van der Waals surface area contributed by atoms with Crippen molar-refractivity contribution in [1.29, 1.82) is 0 Å². The van der Waals surface area contributed by atoms with Gasteiger partial charge in [-0.3, -0.25) is 14.4 Å². The Kier molecular flexibility index (Phi) is 8.03. The lowest BCUT2D eigenvalue weighted by atomic mass is 10.1. The summed E-state index contributed by atoms with van der Waals surface area (Å²) in [4.78, 5) is 40.8. The Morgan fingerprint density at radius 3 is 2.55 bits per heavy atom. The first-order valence-electron chi connectivity index (χ1n) is 10.3. The topological polar surface area (TPSA) is 81.8 Å². The maximum Gasteiger partial charge on any atom is 0.254 e. The summed E-state index contributed by atoms with van der Waals surface area (Å²) in [6.45, 7) is 4.97. The van der Waals surface area contributed by atoms with Crippen LogP contribution in [0.25, 0.3) is 0 Å². The van der Waals surface area contributed by atoms with Crippen LogP contribution in [0.1, 0.15) is 29.3 Å². The molecule has 8 heteroatoms. The summed E-state index contributed by atoms with van der Waals surface area (Å²) in [7, 11) is 0. The zero-order valence-corrected chi connectivity index (χ0v) is 18.3. The fraction of sp³-hybridized carbons (Fsp3) is 0.348. The van der Waals surface area contributed by atoms with E-state index in [0.29, 0.717) is 42.5 Å². The summed E-state index contributed by atoms with van der Waals surface area (Å²) >= 11 is 6.11. The maximum atomic E-state index is 13.3. The van der Waals surface area contributed by atoms with Gasteiger partial charge < -0.3 is 20.4 Å². The van der Waals surface area contributed by atoms with Crippen LogP contribution in [-0.4, -0.2) is 60.2 Å². The Bertz CT molecular complexity index is 944. The number of carbonyl (C=O) groups excluding carboxylic acids is 3. The molecule has 0 atom stereocenters. The van der Waals surface area contributed by atoms with E-state index in [0.717, 1.165) is 18.7 Å². The van der Waals surface area contributed by atoms with Crippen LogP contribution in [0.2, 0.25) is 5.02 Å². The highest BCUT2D eigenvalue weighted by molar-refractivity contribution is 6.30. The van der Waals surface area contributed by atoms with Crippen LogP contribution in [0.5, 0.6) is 0 Å². The summed E-state index contributed by atoms with van der Waals surface area (Å²) in [5.41, 5.74) is 1.88. The highest BCUT2D eigenvalue weighted by Crippen LogP contribution is 2.17. The molecule has 2 aromatic rings. The first-order valence-corrected chi connectivity index (χ1v) is 10.7. The molecule has 0 unspecified atom stereocenters. The number of amides is 3. The van der Waals surface area contributed by atoms with Gasteiger partial charge >= 0.3 is 0 Å². The van der Waals surface area contributed by atoms with E-state index in [-0.39, 0.29) is 24.1 Å². The van der Waals surface area contributed by atoms with Crippen LogP contribution in [0, 0.1) is 0 Å². The highest BCUT2D eigenvalue weighted by Gasteiger charge is 2.21. The first-order chi connectivity index (χ1) is 14.9. The average Bonchev–Trinajstić information content (AvgIpc) is 2.76. The van der Waals surface area contributed by atoms with Crippen molar-refractivity contribution in [3.63, 3.8) is 0 Å². The molecule has 3 amide bonds. The number of nitrogens with one attached hydrogen (secondary N) is 2. The van der Waals surface area contributed by atoms with Gasteiger partial charge in [-0.2, -0.15) is 0 Å². The van der Waals surface area contributed by atoms with Gasteiger partial charge in [-0.1, -0.05) is 29.8 Å². The van der Waals surface area contributed by atoms with Crippen LogP contribution in [0.4, 0.5) is 5.69 Å². The molecule has 1 heterocycles. The lowest BCUT2D eigenvalue weighted by Crippen LogP contribution is -2.47. The van der Waals surface area contributed by atoms with E-state index in [1.165, 1.54) is 6.92 Å². The molecule has 1 aliphatic rings. The number of nitrogens with zero attached hydrogens (tertiary/aromatic N) is 2. The Hall–Kier alpha value is -2.90. The molecule has 0 bridgehead atoms. The Morgan fingerprint density at radius 2 is 1.84 bits per heavy atom. The number of piperazine rings is 1. The zero-order chi connectivity index (χ0) is 22.2. The number of anilines is 1. The van der Waals surface area contributed by atoms with E-state index in [1.54, 1.807) is 35.2 Å². The van der Waals surface area contributed by atoms with Crippen molar-refractivity contribution in [2.24, 2.45) is 0 Å². The van der Waals surface area contributed by atoms with Crippen LogP contribution in [0.3, 0.4) is 0 Å². The lowest BCUT2D eigenvalue weighted by molar-refractivity contribution is -0.132. The molecule has 7 nitrogen and oxygen atoms in total. The standard InChI is InChI=1S/C23H27ClN4O3/c1-17(29)26-21-7-3-5-19(15-21)23(31)28(16-18-4-2-6-20(24)14-18)11-8-22(30)27-12-9-25-10-13-27/h2-7,14-15,25H,8-13,16H2,1H3,(H,26,29). The van der Waals surface area contributed by atoms with Crippen molar-refractivity contribution < 1.29 is 14.4 Å². The fourth-order valence-corrected chi connectivity index (χ4v) is 3.74. The number of hydrogen-bond donors (Lipinski definition) is 2. The van der Waals surface area contributed by atoms with Crippen molar-refractivity contribution in [1.82, 2.24) is 15.1 Å².